The minimum atomic E-state index is 0.524. The molecule has 1 aliphatic rings. The third-order valence-electron chi connectivity index (χ3n) is 4.40. The first kappa shape index (κ1) is 15.0. The van der Waals surface area contributed by atoms with E-state index in [-0.39, 0.29) is 0 Å². The van der Waals surface area contributed by atoms with E-state index in [4.69, 9.17) is 0 Å². The van der Waals surface area contributed by atoms with Crippen molar-refractivity contribution in [3.05, 3.63) is 0 Å². The first-order valence-corrected chi connectivity index (χ1v) is 7.60. The van der Waals surface area contributed by atoms with Gasteiger partial charge in [-0.1, -0.05) is 34.6 Å². The molecule has 1 N–H and O–H groups in total. The van der Waals surface area contributed by atoms with Crippen molar-refractivity contribution in [1.82, 2.24) is 5.32 Å². The molecular formula is C16H33N. The Morgan fingerprint density at radius 1 is 1.06 bits per heavy atom. The highest BCUT2D eigenvalue weighted by atomic mass is 14.9. The maximum Gasteiger partial charge on any atom is -0.00205 e. The quantitative estimate of drug-likeness (QED) is 0.698. The SMILES string of the molecule is CC(C)CCNCC1CCC(C(C)(C)C)CC1. The van der Waals surface area contributed by atoms with Crippen molar-refractivity contribution in [2.24, 2.45) is 23.2 Å². The highest BCUT2D eigenvalue weighted by Gasteiger charge is 2.29. The molecule has 1 heteroatoms. The van der Waals surface area contributed by atoms with Crippen LogP contribution >= 0.6 is 0 Å². The van der Waals surface area contributed by atoms with Gasteiger partial charge in [0.1, 0.15) is 0 Å². The van der Waals surface area contributed by atoms with E-state index in [1.165, 1.54) is 45.2 Å². The van der Waals surface area contributed by atoms with E-state index in [0.29, 0.717) is 5.41 Å². The average Bonchev–Trinajstić information content (AvgIpc) is 2.23. The summed E-state index contributed by atoms with van der Waals surface area (Å²) in [4.78, 5) is 0. The maximum atomic E-state index is 3.64. The molecule has 17 heavy (non-hydrogen) atoms. The summed E-state index contributed by atoms with van der Waals surface area (Å²) in [6, 6.07) is 0. The second-order valence-corrected chi connectivity index (χ2v) is 7.47. The minimum absolute atomic E-state index is 0.524. The molecule has 1 fully saturated rings. The lowest BCUT2D eigenvalue weighted by Crippen LogP contribution is -2.31. The van der Waals surface area contributed by atoms with Crippen LogP contribution in [-0.4, -0.2) is 13.1 Å². The molecule has 1 nitrogen and oxygen atoms in total. The van der Waals surface area contributed by atoms with Crippen molar-refractivity contribution < 1.29 is 0 Å². The van der Waals surface area contributed by atoms with E-state index in [1.54, 1.807) is 0 Å². The first-order chi connectivity index (χ1) is 7.89. The van der Waals surface area contributed by atoms with Crippen LogP contribution in [0.15, 0.2) is 0 Å². The molecule has 0 aliphatic heterocycles. The number of hydrogen-bond acceptors (Lipinski definition) is 1. The Kier molecular flexibility index (Phi) is 5.99. The average molecular weight is 239 g/mol. The second kappa shape index (κ2) is 6.78. The fourth-order valence-electron chi connectivity index (χ4n) is 2.93. The Labute approximate surface area is 109 Å². The Hall–Kier alpha value is -0.0400. The highest BCUT2D eigenvalue weighted by Crippen LogP contribution is 2.39. The molecule has 0 spiro atoms. The summed E-state index contributed by atoms with van der Waals surface area (Å²) in [6.45, 7) is 14.3. The van der Waals surface area contributed by atoms with Crippen LogP contribution in [-0.2, 0) is 0 Å². The molecule has 0 aromatic heterocycles. The zero-order chi connectivity index (χ0) is 12.9. The Morgan fingerprint density at radius 3 is 2.12 bits per heavy atom. The van der Waals surface area contributed by atoms with E-state index in [0.717, 1.165) is 17.8 Å². The summed E-state index contributed by atoms with van der Waals surface area (Å²) in [5.41, 5.74) is 0.524. The van der Waals surface area contributed by atoms with Gasteiger partial charge < -0.3 is 5.32 Å². The molecule has 1 saturated carbocycles. The molecule has 0 aromatic carbocycles. The van der Waals surface area contributed by atoms with Crippen molar-refractivity contribution in [3.8, 4) is 0 Å². The molecule has 0 unspecified atom stereocenters. The van der Waals surface area contributed by atoms with Gasteiger partial charge in [0.05, 0.1) is 0 Å². The topological polar surface area (TPSA) is 12.0 Å². The van der Waals surface area contributed by atoms with E-state index >= 15 is 0 Å². The Bertz CT molecular complexity index is 194. The standard InChI is InChI=1S/C16H33N/c1-13(2)10-11-17-12-14-6-8-15(9-7-14)16(3,4)5/h13-15,17H,6-12H2,1-5H3. The van der Waals surface area contributed by atoms with Crippen molar-refractivity contribution in [2.75, 3.05) is 13.1 Å². The molecule has 0 aromatic rings. The third-order valence-corrected chi connectivity index (χ3v) is 4.40. The Balaban J connectivity index is 2.11. The van der Waals surface area contributed by atoms with Crippen LogP contribution in [0.3, 0.4) is 0 Å². The van der Waals surface area contributed by atoms with Crippen molar-refractivity contribution in [3.63, 3.8) is 0 Å². The van der Waals surface area contributed by atoms with Gasteiger partial charge in [-0.25, -0.2) is 0 Å². The molecule has 0 heterocycles. The molecular weight excluding hydrogens is 206 g/mol. The number of nitrogens with one attached hydrogen (secondary N) is 1. The minimum Gasteiger partial charge on any atom is -0.316 e. The summed E-state index contributed by atoms with van der Waals surface area (Å²) in [6.07, 6.45) is 7.09. The van der Waals surface area contributed by atoms with Crippen molar-refractivity contribution >= 4 is 0 Å². The summed E-state index contributed by atoms with van der Waals surface area (Å²) < 4.78 is 0. The normalized spacial score (nSPS) is 26.5. The van der Waals surface area contributed by atoms with Gasteiger partial charge >= 0.3 is 0 Å². The fraction of sp³-hybridized carbons (Fsp3) is 1.00. The van der Waals surface area contributed by atoms with Gasteiger partial charge in [0, 0.05) is 0 Å². The van der Waals surface area contributed by atoms with Gasteiger partial charge in [-0.3, -0.25) is 0 Å². The molecule has 0 bridgehead atoms. The van der Waals surface area contributed by atoms with Crippen LogP contribution in [0.4, 0.5) is 0 Å². The fourth-order valence-corrected chi connectivity index (χ4v) is 2.93. The van der Waals surface area contributed by atoms with Gasteiger partial charge in [0.15, 0.2) is 0 Å². The third kappa shape index (κ3) is 5.90. The number of rotatable bonds is 5. The molecule has 0 saturated heterocycles. The van der Waals surface area contributed by atoms with Gasteiger partial charge in [0.2, 0.25) is 0 Å². The number of hydrogen-bond donors (Lipinski definition) is 1. The van der Waals surface area contributed by atoms with Crippen LogP contribution in [0.5, 0.6) is 0 Å². The molecule has 1 rings (SSSR count). The molecule has 1 aliphatic carbocycles. The molecule has 102 valence electrons. The van der Waals surface area contributed by atoms with Crippen LogP contribution < -0.4 is 5.32 Å². The summed E-state index contributed by atoms with van der Waals surface area (Å²) in [5, 5.41) is 3.64. The van der Waals surface area contributed by atoms with Crippen LogP contribution in [0.25, 0.3) is 0 Å². The zero-order valence-corrected chi connectivity index (χ0v) is 12.7. The zero-order valence-electron chi connectivity index (χ0n) is 12.7. The molecule has 0 radical (unpaired) electrons. The molecule has 0 amide bonds. The lowest BCUT2D eigenvalue weighted by molar-refractivity contribution is 0.149. The van der Waals surface area contributed by atoms with Crippen LogP contribution in [0.2, 0.25) is 0 Å². The summed E-state index contributed by atoms with van der Waals surface area (Å²) in [7, 11) is 0. The maximum absolute atomic E-state index is 3.64. The monoisotopic (exact) mass is 239 g/mol. The highest BCUT2D eigenvalue weighted by molar-refractivity contribution is 4.81. The van der Waals surface area contributed by atoms with Crippen molar-refractivity contribution in [1.29, 1.82) is 0 Å². The van der Waals surface area contributed by atoms with Crippen molar-refractivity contribution in [2.45, 2.75) is 66.7 Å². The van der Waals surface area contributed by atoms with E-state index in [1.807, 2.05) is 0 Å². The molecule has 0 atom stereocenters. The summed E-state index contributed by atoms with van der Waals surface area (Å²) in [5.74, 6) is 2.73. The van der Waals surface area contributed by atoms with E-state index in [9.17, 15) is 0 Å². The van der Waals surface area contributed by atoms with Gasteiger partial charge in [-0.05, 0) is 68.4 Å². The predicted octanol–water partition coefficient (Wildman–Crippen LogP) is 4.47. The van der Waals surface area contributed by atoms with Crippen LogP contribution in [0, 0.1) is 23.2 Å². The van der Waals surface area contributed by atoms with Gasteiger partial charge in [-0.15, -0.1) is 0 Å². The van der Waals surface area contributed by atoms with E-state index in [2.05, 4.69) is 39.9 Å². The lowest BCUT2D eigenvalue weighted by Gasteiger charge is -2.37. The summed E-state index contributed by atoms with van der Waals surface area (Å²) >= 11 is 0. The first-order valence-electron chi connectivity index (χ1n) is 7.60. The smallest absolute Gasteiger partial charge is 0.00205 e. The van der Waals surface area contributed by atoms with E-state index < -0.39 is 0 Å². The Morgan fingerprint density at radius 2 is 1.65 bits per heavy atom. The van der Waals surface area contributed by atoms with Gasteiger partial charge in [-0.2, -0.15) is 0 Å². The van der Waals surface area contributed by atoms with Gasteiger partial charge in [0.25, 0.3) is 0 Å². The van der Waals surface area contributed by atoms with Crippen LogP contribution in [0.1, 0.15) is 66.7 Å². The second-order valence-electron chi connectivity index (χ2n) is 7.47. The lowest BCUT2D eigenvalue weighted by atomic mass is 9.70. The largest absolute Gasteiger partial charge is 0.316 e. The predicted molar refractivity (Wildman–Crippen MR) is 77.2 cm³/mol.